The van der Waals surface area contributed by atoms with Crippen LogP contribution in [0.5, 0.6) is 0 Å². The van der Waals surface area contributed by atoms with E-state index in [-0.39, 0.29) is 11.5 Å². The summed E-state index contributed by atoms with van der Waals surface area (Å²) in [5, 5.41) is 9.76. The lowest BCUT2D eigenvalue weighted by molar-refractivity contribution is -0.150. The first kappa shape index (κ1) is 20.8. The molecule has 1 aromatic heterocycles. The average molecular weight is 385 g/mol. The normalized spacial score (nSPS) is 26.9. The second-order valence-corrected chi connectivity index (χ2v) is 13.1. The topological polar surface area (TPSA) is 111 Å². The number of rotatable bonds is 5. The summed E-state index contributed by atoms with van der Waals surface area (Å²) in [5.41, 5.74) is -2.29. The highest BCUT2D eigenvalue weighted by molar-refractivity contribution is 6.74. The third-order valence-corrected chi connectivity index (χ3v) is 9.95. The number of aliphatic hydroxyl groups is 1. The molecule has 0 aliphatic carbocycles. The van der Waals surface area contributed by atoms with Crippen LogP contribution >= 0.6 is 0 Å². The minimum atomic E-state index is -2.25. The van der Waals surface area contributed by atoms with Crippen LogP contribution in [-0.4, -0.2) is 47.6 Å². The van der Waals surface area contributed by atoms with Crippen LogP contribution in [0.1, 0.15) is 39.0 Å². The van der Waals surface area contributed by atoms with Gasteiger partial charge >= 0.3 is 5.69 Å². The van der Waals surface area contributed by atoms with Crippen molar-refractivity contribution >= 4 is 14.6 Å². The summed E-state index contributed by atoms with van der Waals surface area (Å²) >= 11 is 0. The smallest absolute Gasteiger partial charge is 0.330 e. The molecule has 1 aliphatic heterocycles. The van der Waals surface area contributed by atoms with Crippen LogP contribution in [0.15, 0.2) is 15.8 Å². The Balaban J connectivity index is 2.42. The van der Waals surface area contributed by atoms with Gasteiger partial charge in [0.25, 0.3) is 5.56 Å². The minimum Gasteiger partial charge on any atom is -0.410 e. The zero-order valence-electron chi connectivity index (χ0n) is 16.2. The van der Waals surface area contributed by atoms with Gasteiger partial charge in [-0.05, 0) is 25.1 Å². The Morgan fingerprint density at radius 2 is 2.08 bits per heavy atom. The summed E-state index contributed by atoms with van der Waals surface area (Å²) in [4.78, 5) is 37.8. The minimum absolute atomic E-state index is 0.0967. The highest BCUT2D eigenvalue weighted by Gasteiger charge is 2.53. The van der Waals surface area contributed by atoms with Crippen molar-refractivity contribution in [1.82, 2.24) is 9.55 Å². The molecule has 0 radical (unpaired) electrons. The molecule has 1 aliphatic rings. The Kier molecular flexibility index (Phi) is 5.49. The van der Waals surface area contributed by atoms with Gasteiger partial charge in [0.15, 0.2) is 20.2 Å². The molecule has 3 atom stereocenters. The Morgan fingerprint density at radius 1 is 1.46 bits per heavy atom. The predicted molar refractivity (Wildman–Crippen MR) is 98.7 cm³/mol. The lowest BCUT2D eigenvalue weighted by atomic mass is 10.00. The fourth-order valence-corrected chi connectivity index (χ4v) is 4.05. The second-order valence-electron chi connectivity index (χ2n) is 8.38. The van der Waals surface area contributed by atoms with Crippen molar-refractivity contribution in [3.05, 3.63) is 32.6 Å². The van der Waals surface area contributed by atoms with Crippen molar-refractivity contribution in [3.63, 3.8) is 0 Å². The van der Waals surface area contributed by atoms with E-state index < -0.39 is 44.1 Å². The van der Waals surface area contributed by atoms with Crippen LogP contribution in [0.4, 0.5) is 0 Å². The maximum absolute atomic E-state index is 12.2. The maximum atomic E-state index is 12.2. The van der Waals surface area contributed by atoms with E-state index in [1.54, 1.807) is 6.92 Å². The van der Waals surface area contributed by atoms with Crippen molar-refractivity contribution in [2.75, 3.05) is 6.61 Å². The van der Waals surface area contributed by atoms with Gasteiger partial charge in [0, 0.05) is 18.2 Å². The number of carbonyl (C=O) groups is 1. The van der Waals surface area contributed by atoms with Crippen LogP contribution < -0.4 is 11.2 Å². The van der Waals surface area contributed by atoms with Gasteiger partial charge in [0.05, 0.1) is 12.7 Å². The molecule has 0 spiro atoms. The number of aromatic amines is 1. The number of aldehydes is 1. The molecule has 26 heavy (non-hydrogen) atoms. The molecule has 1 aromatic rings. The van der Waals surface area contributed by atoms with Crippen LogP contribution in [0.2, 0.25) is 18.1 Å². The molecule has 2 rings (SSSR count). The Hall–Kier alpha value is -1.55. The number of aromatic nitrogens is 2. The Morgan fingerprint density at radius 3 is 2.58 bits per heavy atom. The lowest BCUT2D eigenvalue weighted by Crippen LogP contribution is -2.53. The van der Waals surface area contributed by atoms with Crippen LogP contribution in [0, 0.1) is 6.92 Å². The van der Waals surface area contributed by atoms with E-state index in [2.05, 4.69) is 25.8 Å². The van der Waals surface area contributed by atoms with Gasteiger partial charge in [-0.3, -0.25) is 19.1 Å². The third-order valence-electron chi connectivity index (χ3n) is 5.46. The molecule has 146 valence electrons. The summed E-state index contributed by atoms with van der Waals surface area (Å²) in [6.07, 6.45) is 0.666. The summed E-state index contributed by atoms with van der Waals surface area (Å²) in [6.45, 7) is 11.3. The van der Waals surface area contributed by atoms with Gasteiger partial charge < -0.3 is 14.3 Å². The number of nitrogens with one attached hydrogen (secondary N) is 1. The largest absolute Gasteiger partial charge is 0.410 e. The fourth-order valence-electron chi connectivity index (χ4n) is 2.69. The molecule has 0 bridgehead atoms. The molecule has 9 heteroatoms. The second kappa shape index (κ2) is 6.88. The molecule has 2 heterocycles. The molecule has 0 amide bonds. The van der Waals surface area contributed by atoms with Gasteiger partial charge in [-0.2, -0.15) is 0 Å². The molecule has 1 unspecified atom stereocenters. The first-order valence-electron chi connectivity index (χ1n) is 8.62. The van der Waals surface area contributed by atoms with Crippen molar-refractivity contribution < 1.29 is 19.1 Å². The standard InChI is InChI=1S/C17H28N2O6Si/c1-11-8-19(15(23)18-14(11)22)13-7-12(17(9-20,10-21)24-13)25-26(5,6)16(2,3)4/h8-9,12-13,21H,7,10H2,1-6H3,(H,18,22,23)/t12?,13-,17-/m1/s1. The van der Waals surface area contributed by atoms with Crippen molar-refractivity contribution in [2.24, 2.45) is 0 Å². The molecule has 2 N–H and O–H groups in total. The first-order valence-corrected chi connectivity index (χ1v) is 11.5. The molecular formula is C17H28N2O6Si. The Labute approximate surface area is 153 Å². The number of hydrogen-bond donors (Lipinski definition) is 2. The van der Waals surface area contributed by atoms with Gasteiger partial charge in [-0.15, -0.1) is 0 Å². The molecule has 1 saturated heterocycles. The van der Waals surface area contributed by atoms with E-state index in [0.29, 0.717) is 11.8 Å². The van der Waals surface area contributed by atoms with Crippen LogP contribution in [0.25, 0.3) is 0 Å². The van der Waals surface area contributed by atoms with E-state index in [1.165, 1.54) is 10.8 Å². The summed E-state index contributed by atoms with van der Waals surface area (Å²) in [6, 6.07) is 0. The van der Waals surface area contributed by atoms with E-state index in [9.17, 15) is 19.5 Å². The zero-order chi connectivity index (χ0) is 19.9. The SMILES string of the molecule is Cc1cn([C@H]2CC(O[Si](C)(C)C(C)(C)C)[C@@](C=O)(CO)O2)c(=O)[nH]c1=O. The predicted octanol–water partition coefficient (Wildman–Crippen LogP) is 1.08. The summed E-state index contributed by atoms with van der Waals surface area (Å²) in [5.74, 6) is 0. The number of nitrogens with zero attached hydrogens (tertiary/aromatic N) is 1. The molecular weight excluding hydrogens is 356 g/mol. The quantitative estimate of drug-likeness (QED) is 0.581. The number of ether oxygens (including phenoxy) is 1. The van der Waals surface area contributed by atoms with Gasteiger partial charge in [-0.25, -0.2) is 4.79 Å². The molecule has 1 fully saturated rings. The highest BCUT2D eigenvalue weighted by atomic mass is 28.4. The van der Waals surface area contributed by atoms with Gasteiger partial charge in [0.2, 0.25) is 0 Å². The van der Waals surface area contributed by atoms with E-state index in [0.717, 1.165) is 0 Å². The molecule has 0 saturated carbocycles. The lowest BCUT2D eigenvalue weighted by Gasteiger charge is -2.40. The number of carbonyl (C=O) groups excluding carboxylic acids is 1. The summed E-state index contributed by atoms with van der Waals surface area (Å²) in [7, 11) is -2.25. The van der Waals surface area contributed by atoms with Crippen LogP contribution in [-0.2, 0) is 14.0 Å². The average Bonchev–Trinajstić information content (AvgIpc) is 2.88. The highest BCUT2D eigenvalue weighted by Crippen LogP contribution is 2.43. The van der Waals surface area contributed by atoms with Crippen molar-refractivity contribution in [1.29, 1.82) is 0 Å². The Bertz CT molecular complexity index is 794. The number of H-pyrrole nitrogens is 1. The van der Waals surface area contributed by atoms with E-state index in [1.807, 2.05) is 13.1 Å². The fraction of sp³-hybridized carbons (Fsp3) is 0.706. The molecule has 8 nitrogen and oxygen atoms in total. The maximum Gasteiger partial charge on any atom is 0.330 e. The van der Waals surface area contributed by atoms with E-state index >= 15 is 0 Å². The van der Waals surface area contributed by atoms with E-state index in [4.69, 9.17) is 9.16 Å². The van der Waals surface area contributed by atoms with Gasteiger partial charge in [0.1, 0.15) is 6.23 Å². The van der Waals surface area contributed by atoms with Crippen LogP contribution in [0.3, 0.4) is 0 Å². The number of aliphatic hydroxyl groups excluding tert-OH is 1. The number of hydrogen-bond acceptors (Lipinski definition) is 6. The van der Waals surface area contributed by atoms with Gasteiger partial charge in [-0.1, -0.05) is 20.8 Å². The first-order chi connectivity index (χ1) is 11.9. The van der Waals surface area contributed by atoms with Crippen molar-refractivity contribution in [3.8, 4) is 0 Å². The number of aryl methyl sites for hydroxylation is 1. The van der Waals surface area contributed by atoms with Crippen molar-refractivity contribution in [2.45, 2.75) is 70.2 Å². The monoisotopic (exact) mass is 384 g/mol. The summed E-state index contributed by atoms with van der Waals surface area (Å²) < 4.78 is 13.4. The molecule has 0 aromatic carbocycles. The third kappa shape index (κ3) is 3.61. The zero-order valence-corrected chi connectivity index (χ0v) is 17.2.